The molecule has 138 valence electrons. The number of aromatic nitrogens is 2. The van der Waals surface area contributed by atoms with Crippen LogP contribution in [0.4, 0.5) is 4.79 Å². The Hall–Kier alpha value is -2.22. The van der Waals surface area contributed by atoms with Gasteiger partial charge in [-0.15, -0.1) is 0 Å². The number of β-amino-alcohol motifs (C(OH)–C–C–N with tert-alkyl or cyclic N) is 1. The number of aliphatic hydroxyl groups is 1. The van der Waals surface area contributed by atoms with Crippen LogP contribution in [0.3, 0.4) is 0 Å². The van der Waals surface area contributed by atoms with E-state index >= 15 is 0 Å². The summed E-state index contributed by atoms with van der Waals surface area (Å²) in [5, 5.41) is 11.0. The van der Waals surface area contributed by atoms with E-state index in [1.54, 1.807) is 40.7 Å². The Balaban J connectivity index is 2.30. The van der Waals surface area contributed by atoms with Crippen molar-refractivity contribution in [2.75, 3.05) is 6.54 Å². The summed E-state index contributed by atoms with van der Waals surface area (Å²) in [6.07, 6.45) is 1.91. The van der Waals surface area contributed by atoms with Gasteiger partial charge in [0.2, 0.25) is 0 Å². The number of carbonyl (C=O) groups is 2. The molecule has 1 aromatic heterocycles. The monoisotopic (exact) mass is 351 g/mol. The molecule has 0 radical (unpaired) electrons. The largest absolute Gasteiger partial charge is 0.461 e. The predicted octanol–water partition coefficient (Wildman–Crippen LogP) is 1.63. The van der Waals surface area contributed by atoms with Gasteiger partial charge >= 0.3 is 12.1 Å². The molecule has 2 rings (SSSR count). The third-order valence-corrected chi connectivity index (χ3v) is 3.57. The van der Waals surface area contributed by atoms with E-state index in [2.05, 4.69) is 9.97 Å². The van der Waals surface area contributed by atoms with Gasteiger partial charge in [0.1, 0.15) is 17.2 Å². The quantitative estimate of drug-likeness (QED) is 0.826. The van der Waals surface area contributed by atoms with Gasteiger partial charge in [-0.1, -0.05) is 0 Å². The Kier molecular flexibility index (Phi) is 5.31. The van der Waals surface area contributed by atoms with Gasteiger partial charge in [0.05, 0.1) is 12.6 Å². The minimum atomic E-state index is -1.54. The molecule has 25 heavy (non-hydrogen) atoms. The highest BCUT2D eigenvalue weighted by Gasteiger charge is 2.52. The lowest BCUT2D eigenvalue weighted by Gasteiger charge is -2.28. The van der Waals surface area contributed by atoms with Crippen LogP contribution >= 0.6 is 0 Å². The van der Waals surface area contributed by atoms with Gasteiger partial charge in [0, 0.05) is 18.8 Å². The van der Waals surface area contributed by atoms with E-state index in [9.17, 15) is 14.7 Å². The van der Waals surface area contributed by atoms with Gasteiger partial charge in [0.15, 0.2) is 5.82 Å². The second-order valence-electron chi connectivity index (χ2n) is 7.42. The first kappa shape index (κ1) is 19.1. The number of hydrogen-bond donors (Lipinski definition) is 1. The van der Waals surface area contributed by atoms with Crippen LogP contribution in [-0.4, -0.2) is 56.3 Å². The Morgan fingerprint density at radius 3 is 2.44 bits per heavy atom. The Morgan fingerprint density at radius 1 is 1.32 bits per heavy atom. The molecule has 0 saturated carbocycles. The summed E-state index contributed by atoms with van der Waals surface area (Å²) in [6, 6.07) is 0.656. The Labute approximate surface area is 147 Å². The lowest BCUT2D eigenvalue weighted by Crippen LogP contribution is -2.45. The zero-order chi connectivity index (χ0) is 18.8. The normalized spacial score (nSPS) is 23.6. The van der Waals surface area contributed by atoms with E-state index in [1.165, 1.54) is 17.3 Å². The van der Waals surface area contributed by atoms with Crippen molar-refractivity contribution in [2.24, 2.45) is 0 Å². The topological polar surface area (TPSA) is 102 Å². The summed E-state index contributed by atoms with van der Waals surface area (Å²) in [5.74, 6) is -0.434. The van der Waals surface area contributed by atoms with Gasteiger partial charge in [-0.05, 0) is 40.7 Å². The van der Waals surface area contributed by atoms with Gasteiger partial charge in [-0.2, -0.15) is 0 Å². The van der Waals surface area contributed by atoms with Gasteiger partial charge in [0.25, 0.3) is 0 Å². The molecule has 1 amide bonds. The van der Waals surface area contributed by atoms with Gasteiger partial charge in [-0.25, -0.2) is 19.6 Å². The molecule has 8 heteroatoms. The van der Waals surface area contributed by atoms with Crippen LogP contribution in [-0.2, 0) is 19.9 Å². The van der Waals surface area contributed by atoms with E-state index in [0.29, 0.717) is 0 Å². The highest BCUT2D eigenvalue weighted by Crippen LogP contribution is 2.35. The van der Waals surface area contributed by atoms with Crippen LogP contribution in [0.25, 0.3) is 0 Å². The molecule has 2 atom stereocenters. The third kappa shape index (κ3) is 4.66. The molecule has 0 spiro atoms. The van der Waals surface area contributed by atoms with Crippen molar-refractivity contribution in [3.63, 3.8) is 0 Å². The number of likely N-dealkylation sites (tertiary alicyclic amines) is 1. The van der Waals surface area contributed by atoms with Gasteiger partial charge in [-0.3, -0.25) is 4.90 Å². The smallest absolute Gasteiger partial charge is 0.411 e. The maximum atomic E-state index is 12.5. The number of hydrogen-bond acceptors (Lipinski definition) is 7. The summed E-state index contributed by atoms with van der Waals surface area (Å²) in [7, 11) is 0. The molecular weight excluding hydrogens is 326 g/mol. The standard InChI is InChI=1S/C17H25N3O5/c1-11(2)24-13(21)12-9-17(23,14-18-7-6-8-19-14)10-20(12)15(22)25-16(3,4)5/h6-8,11-12,23H,9-10H2,1-5H3/t12-,17-/m0/s1. The van der Waals surface area contributed by atoms with Crippen LogP contribution in [0.1, 0.15) is 46.9 Å². The first-order valence-electron chi connectivity index (χ1n) is 8.22. The Bertz CT molecular complexity index is 629. The average Bonchev–Trinajstić information content (AvgIpc) is 2.86. The molecule has 0 aromatic carbocycles. The average molecular weight is 351 g/mol. The fraction of sp³-hybridized carbons (Fsp3) is 0.647. The molecule has 1 fully saturated rings. The molecule has 0 aliphatic carbocycles. The van der Waals surface area contributed by atoms with Crippen molar-refractivity contribution in [2.45, 2.75) is 64.4 Å². The zero-order valence-electron chi connectivity index (χ0n) is 15.2. The van der Waals surface area contributed by atoms with Gasteiger partial charge < -0.3 is 14.6 Å². The van der Waals surface area contributed by atoms with E-state index in [4.69, 9.17) is 9.47 Å². The molecule has 1 aliphatic heterocycles. The molecule has 1 aliphatic rings. The van der Waals surface area contributed by atoms with Crippen molar-refractivity contribution in [3.8, 4) is 0 Å². The number of ether oxygens (including phenoxy) is 2. The maximum Gasteiger partial charge on any atom is 0.411 e. The number of esters is 1. The summed E-state index contributed by atoms with van der Waals surface area (Å²) < 4.78 is 10.6. The second-order valence-corrected chi connectivity index (χ2v) is 7.42. The molecule has 0 bridgehead atoms. The molecule has 0 unspecified atom stereocenters. The number of rotatable bonds is 3. The maximum absolute atomic E-state index is 12.5. The van der Waals surface area contributed by atoms with Crippen molar-refractivity contribution in [1.29, 1.82) is 0 Å². The van der Waals surface area contributed by atoms with Crippen LogP contribution in [0.5, 0.6) is 0 Å². The molecule has 2 heterocycles. The lowest BCUT2D eigenvalue weighted by molar-refractivity contribution is -0.152. The summed E-state index contributed by atoms with van der Waals surface area (Å²) in [5.41, 5.74) is -2.27. The fourth-order valence-electron chi connectivity index (χ4n) is 2.62. The highest BCUT2D eigenvalue weighted by atomic mass is 16.6. The highest BCUT2D eigenvalue weighted by molar-refractivity contribution is 5.82. The van der Waals surface area contributed by atoms with E-state index in [-0.39, 0.29) is 24.9 Å². The molecular formula is C17H25N3O5. The van der Waals surface area contributed by atoms with E-state index in [1.807, 2.05) is 0 Å². The van der Waals surface area contributed by atoms with Crippen LogP contribution < -0.4 is 0 Å². The Morgan fingerprint density at radius 2 is 1.92 bits per heavy atom. The van der Waals surface area contributed by atoms with Crippen LogP contribution in [0.2, 0.25) is 0 Å². The third-order valence-electron chi connectivity index (χ3n) is 3.57. The summed E-state index contributed by atoms with van der Waals surface area (Å²) in [4.78, 5) is 34.3. The molecule has 1 aromatic rings. The molecule has 8 nitrogen and oxygen atoms in total. The van der Waals surface area contributed by atoms with Crippen molar-refractivity contribution < 1.29 is 24.2 Å². The summed E-state index contributed by atoms with van der Waals surface area (Å²) in [6.45, 7) is 8.48. The van der Waals surface area contributed by atoms with Crippen LogP contribution in [0, 0.1) is 0 Å². The minimum absolute atomic E-state index is 0.0538. The van der Waals surface area contributed by atoms with Crippen molar-refractivity contribution in [3.05, 3.63) is 24.3 Å². The second kappa shape index (κ2) is 6.95. The zero-order valence-corrected chi connectivity index (χ0v) is 15.2. The summed E-state index contributed by atoms with van der Waals surface area (Å²) >= 11 is 0. The number of carbonyl (C=O) groups excluding carboxylic acids is 2. The number of amides is 1. The SMILES string of the molecule is CC(C)OC(=O)[C@@H]1C[C@@](O)(c2ncccn2)CN1C(=O)OC(C)(C)C. The minimum Gasteiger partial charge on any atom is -0.461 e. The van der Waals surface area contributed by atoms with Crippen molar-refractivity contribution >= 4 is 12.1 Å². The fourth-order valence-corrected chi connectivity index (χ4v) is 2.62. The van der Waals surface area contributed by atoms with Crippen LogP contribution in [0.15, 0.2) is 18.5 Å². The first-order valence-corrected chi connectivity index (χ1v) is 8.22. The molecule has 1 saturated heterocycles. The van der Waals surface area contributed by atoms with E-state index in [0.717, 1.165) is 0 Å². The first-order chi connectivity index (χ1) is 11.5. The van der Waals surface area contributed by atoms with Crippen molar-refractivity contribution in [1.82, 2.24) is 14.9 Å². The molecule has 1 N–H and O–H groups in total. The predicted molar refractivity (Wildman–Crippen MR) is 88.5 cm³/mol. The lowest BCUT2D eigenvalue weighted by atomic mass is 9.99. The number of nitrogens with zero attached hydrogens (tertiary/aromatic N) is 3. The van der Waals surface area contributed by atoms with E-state index < -0.39 is 29.3 Å².